The molecule has 4 rings (SSSR count). The highest BCUT2D eigenvalue weighted by atomic mass is 35.5. The molecule has 2 fully saturated rings. The van der Waals surface area contributed by atoms with E-state index in [1.165, 1.54) is 5.56 Å². The third-order valence-corrected chi connectivity index (χ3v) is 7.87. The third kappa shape index (κ3) is 4.98. The zero-order valence-corrected chi connectivity index (χ0v) is 19.7. The monoisotopic (exact) mass is 472 g/mol. The molecular formula is C26H30Cl2N2O2. The number of phenols is 1. The van der Waals surface area contributed by atoms with Crippen molar-refractivity contribution in [2.45, 2.75) is 43.6 Å². The van der Waals surface area contributed by atoms with Gasteiger partial charge >= 0.3 is 0 Å². The molecule has 170 valence electrons. The van der Waals surface area contributed by atoms with Crippen LogP contribution in [0.1, 0.15) is 36.8 Å². The number of hydrogen-bond donors (Lipinski definition) is 2. The van der Waals surface area contributed by atoms with Crippen molar-refractivity contribution in [1.29, 1.82) is 0 Å². The number of halogens is 2. The summed E-state index contributed by atoms with van der Waals surface area (Å²) in [6.07, 6.45) is 6.14. The van der Waals surface area contributed by atoms with Crippen molar-refractivity contribution in [3.05, 3.63) is 76.3 Å². The topological polar surface area (TPSA) is 52.6 Å². The molecule has 4 nitrogen and oxygen atoms in total. The molecule has 0 unspecified atom stereocenters. The minimum Gasteiger partial charge on any atom is -0.508 e. The smallest absolute Gasteiger partial charge is 0.224 e. The van der Waals surface area contributed by atoms with Crippen molar-refractivity contribution in [3.8, 4) is 5.75 Å². The van der Waals surface area contributed by atoms with Crippen LogP contribution in [-0.2, 0) is 16.6 Å². The molecule has 2 aliphatic rings. The van der Waals surface area contributed by atoms with Crippen molar-refractivity contribution in [3.63, 3.8) is 0 Å². The van der Waals surface area contributed by atoms with Crippen molar-refractivity contribution >= 4 is 29.1 Å². The average molecular weight is 473 g/mol. The number of amides is 1. The van der Waals surface area contributed by atoms with E-state index in [1.54, 1.807) is 18.2 Å². The zero-order valence-electron chi connectivity index (χ0n) is 18.2. The first-order valence-electron chi connectivity index (χ1n) is 11.3. The van der Waals surface area contributed by atoms with Gasteiger partial charge in [-0.3, -0.25) is 9.69 Å². The Hall–Kier alpha value is -2.01. The zero-order chi connectivity index (χ0) is 22.7. The van der Waals surface area contributed by atoms with Crippen LogP contribution in [0.15, 0.2) is 55.1 Å². The maximum absolute atomic E-state index is 12.8. The van der Waals surface area contributed by atoms with E-state index >= 15 is 0 Å². The maximum atomic E-state index is 12.8. The average Bonchev–Trinajstić information content (AvgIpc) is 2.76. The lowest BCUT2D eigenvalue weighted by Gasteiger charge is -2.53. The van der Waals surface area contributed by atoms with Crippen molar-refractivity contribution in [2.75, 3.05) is 19.6 Å². The second-order valence-electron chi connectivity index (χ2n) is 9.17. The third-order valence-electron chi connectivity index (χ3n) is 7.13. The Morgan fingerprint density at radius 2 is 2.06 bits per heavy atom. The van der Waals surface area contributed by atoms with Crippen LogP contribution in [-0.4, -0.2) is 41.6 Å². The molecule has 32 heavy (non-hydrogen) atoms. The van der Waals surface area contributed by atoms with E-state index in [0.29, 0.717) is 21.7 Å². The Morgan fingerprint density at radius 3 is 2.81 bits per heavy atom. The molecule has 1 saturated heterocycles. The number of aromatic hydroxyl groups is 1. The molecule has 0 aromatic heterocycles. The lowest BCUT2D eigenvalue weighted by molar-refractivity contribution is -0.121. The molecule has 0 radical (unpaired) electrons. The number of piperidine rings is 1. The molecule has 1 saturated carbocycles. The molecule has 3 atom stereocenters. The van der Waals surface area contributed by atoms with Gasteiger partial charge in [0.25, 0.3) is 0 Å². The van der Waals surface area contributed by atoms with Crippen LogP contribution >= 0.6 is 23.2 Å². The van der Waals surface area contributed by atoms with E-state index in [0.717, 1.165) is 50.9 Å². The molecule has 2 aromatic rings. The normalized spacial score (nSPS) is 25.7. The Balaban J connectivity index is 1.50. The minimum absolute atomic E-state index is 0.00184. The van der Waals surface area contributed by atoms with Crippen LogP contribution in [0, 0.1) is 5.92 Å². The van der Waals surface area contributed by atoms with Crippen molar-refractivity contribution < 1.29 is 9.90 Å². The number of benzene rings is 2. The van der Waals surface area contributed by atoms with E-state index in [1.807, 2.05) is 24.3 Å². The molecular weight excluding hydrogens is 443 g/mol. The number of rotatable bonds is 6. The van der Waals surface area contributed by atoms with E-state index in [2.05, 4.69) is 22.9 Å². The number of nitrogens with zero attached hydrogens (tertiary/aromatic N) is 1. The summed E-state index contributed by atoms with van der Waals surface area (Å²) in [5.41, 5.74) is 1.99. The number of nitrogens with one attached hydrogen (secondary N) is 1. The van der Waals surface area contributed by atoms with Gasteiger partial charge in [0.15, 0.2) is 0 Å². The second-order valence-corrected chi connectivity index (χ2v) is 9.99. The number of carbonyl (C=O) groups excluding carboxylic acids is 1. The molecule has 1 aliphatic carbocycles. The first-order valence-corrected chi connectivity index (χ1v) is 12.0. The van der Waals surface area contributed by atoms with E-state index in [4.69, 9.17) is 23.2 Å². The van der Waals surface area contributed by atoms with Crippen LogP contribution in [0.5, 0.6) is 5.75 Å². The van der Waals surface area contributed by atoms with Gasteiger partial charge in [0.1, 0.15) is 5.75 Å². The Labute approximate surface area is 200 Å². The van der Waals surface area contributed by atoms with Gasteiger partial charge in [-0.05, 0) is 73.5 Å². The molecule has 1 aliphatic heterocycles. The fraction of sp³-hybridized carbons (Fsp3) is 0.423. The highest BCUT2D eigenvalue weighted by Gasteiger charge is 2.48. The molecule has 2 N–H and O–H groups in total. The number of fused-ring (bicyclic) bond motifs is 1. The van der Waals surface area contributed by atoms with Crippen LogP contribution in [0.25, 0.3) is 0 Å². The molecule has 0 bridgehead atoms. The van der Waals surface area contributed by atoms with Crippen LogP contribution in [0.4, 0.5) is 0 Å². The maximum Gasteiger partial charge on any atom is 0.224 e. The molecule has 0 spiro atoms. The van der Waals surface area contributed by atoms with E-state index < -0.39 is 0 Å². The summed E-state index contributed by atoms with van der Waals surface area (Å²) in [7, 11) is 0. The van der Waals surface area contributed by atoms with Crippen molar-refractivity contribution in [1.82, 2.24) is 10.2 Å². The standard InChI is InChI=1S/C26H30Cl2N2O2/c1-2-11-30-12-10-26(19-4-3-5-22(31)15-19)16-21(8-7-20(26)17-30)29-25(32)14-18-6-9-23(27)24(28)13-18/h2-6,9,13,15,20-21,31H,1,7-8,10-12,14,16-17H2,(H,29,32)/t20-,21-,26+/m1/s1. The summed E-state index contributed by atoms with van der Waals surface area (Å²) in [6, 6.07) is 13.1. The van der Waals surface area contributed by atoms with Gasteiger partial charge in [-0.25, -0.2) is 0 Å². The lowest BCUT2D eigenvalue weighted by Crippen LogP contribution is -2.56. The predicted octanol–water partition coefficient (Wildman–Crippen LogP) is 5.36. The SMILES string of the molecule is C=CCN1CC[C@@]2(c3cccc(O)c3)C[C@H](NC(=O)Cc3ccc(Cl)c(Cl)c3)CC[C@@H]2C1. The van der Waals surface area contributed by atoms with Gasteiger partial charge in [0.2, 0.25) is 5.91 Å². The van der Waals surface area contributed by atoms with Gasteiger partial charge < -0.3 is 10.4 Å². The summed E-state index contributed by atoms with van der Waals surface area (Å²) in [5, 5.41) is 14.4. The minimum atomic E-state index is -0.0454. The van der Waals surface area contributed by atoms with Gasteiger partial charge in [0.05, 0.1) is 16.5 Å². The molecule has 1 heterocycles. The highest BCUT2D eigenvalue weighted by Crippen LogP contribution is 2.49. The molecule has 1 amide bonds. The fourth-order valence-electron chi connectivity index (χ4n) is 5.62. The molecule has 6 heteroatoms. The fourth-order valence-corrected chi connectivity index (χ4v) is 5.94. The molecule has 2 aromatic carbocycles. The van der Waals surface area contributed by atoms with Crippen molar-refractivity contribution in [2.24, 2.45) is 5.92 Å². The quantitative estimate of drug-likeness (QED) is 0.556. The van der Waals surface area contributed by atoms with E-state index in [-0.39, 0.29) is 23.8 Å². The van der Waals surface area contributed by atoms with E-state index in [9.17, 15) is 9.90 Å². The van der Waals surface area contributed by atoms with Crippen LogP contribution in [0.3, 0.4) is 0 Å². The first kappa shape index (κ1) is 23.2. The number of phenolic OH excluding ortho intramolecular Hbond substituents is 1. The van der Waals surface area contributed by atoms with Gasteiger partial charge in [-0.1, -0.05) is 47.5 Å². The summed E-state index contributed by atoms with van der Waals surface area (Å²) in [6.45, 7) is 6.80. The Morgan fingerprint density at radius 1 is 1.22 bits per heavy atom. The first-order chi connectivity index (χ1) is 15.4. The number of carbonyl (C=O) groups is 1. The summed E-state index contributed by atoms with van der Waals surface area (Å²) in [4.78, 5) is 15.3. The largest absolute Gasteiger partial charge is 0.508 e. The van der Waals surface area contributed by atoms with Crippen LogP contribution < -0.4 is 5.32 Å². The summed E-state index contributed by atoms with van der Waals surface area (Å²) >= 11 is 12.1. The Bertz CT molecular complexity index is 996. The van der Waals surface area contributed by atoms with Crippen LogP contribution in [0.2, 0.25) is 10.0 Å². The second kappa shape index (κ2) is 9.86. The summed E-state index contributed by atoms with van der Waals surface area (Å²) < 4.78 is 0. The Kier molecular flexibility index (Phi) is 7.14. The van der Waals surface area contributed by atoms with Gasteiger partial charge in [-0.15, -0.1) is 6.58 Å². The summed E-state index contributed by atoms with van der Waals surface area (Å²) in [5.74, 6) is 0.790. The van der Waals surface area contributed by atoms with Gasteiger partial charge in [-0.2, -0.15) is 0 Å². The van der Waals surface area contributed by atoms with Gasteiger partial charge in [0, 0.05) is 24.5 Å². The predicted molar refractivity (Wildman–Crippen MR) is 130 cm³/mol. The number of likely N-dealkylation sites (tertiary alicyclic amines) is 1. The lowest BCUT2D eigenvalue weighted by atomic mass is 9.58. The number of hydrogen-bond acceptors (Lipinski definition) is 3. The highest BCUT2D eigenvalue weighted by molar-refractivity contribution is 6.42.